The van der Waals surface area contributed by atoms with Crippen LogP contribution >= 0.6 is 0 Å². The molecule has 4 heteroatoms. The molecule has 0 fully saturated rings. The van der Waals surface area contributed by atoms with Crippen LogP contribution in [0.25, 0.3) is 0 Å². The van der Waals surface area contributed by atoms with Crippen molar-refractivity contribution < 1.29 is 18.9 Å². The van der Waals surface area contributed by atoms with Gasteiger partial charge in [-0.2, -0.15) is 0 Å². The monoisotopic (exact) mass is 428 g/mol. The fourth-order valence-corrected chi connectivity index (χ4v) is 3.81. The average molecular weight is 429 g/mol. The van der Waals surface area contributed by atoms with Gasteiger partial charge in [-0.1, -0.05) is 52.8 Å². The summed E-state index contributed by atoms with van der Waals surface area (Å²) in [7, 11) is 3.36. The number of benzene rings is 2. The smallest absolute Gasteiger partial charge is 0.197 e. The van der Waals surface area contributed by atoms with Crippen LogP contribution in [-0.2, 0) is 11.2 Å². The van der Waals surface area contributed by atoms with Crippen LogP contribution in [0.3, 0.4) is 0 Å². The van der Waals surface area contributed by atoms with Crippen molar-refractivity contribution in [3.63, 3.8) is 0 Å². The van der Waals surface area contributed by atoms with Crippen LogP contribution in [-0.4, -0.2) is 27.1 Å². The Hall–Kier alpha value is -2.20. The molecule has 0 aromatic heterocycles. The molecule has 172 valence electrons. The molecule has 0 aliphatic heterocycles. The first kappa shape index (κ1) is 25.1. The molecule has 0 saturated heterocycles. The van der Waals surface area contributed by atoms with E-state index in [1.54, 1.807) is 14.2 Å². The van der Waals surface area contributed by atoms with E-state index in [-0.39, 0.29) is 11.7 Å². The Morgan fingerprint density at radius 2 is 1.52 bits per heavy atom. The molecule has 2 aromatic rings. The summed E-state index contributed by atoms with van der Waals surface area (Å²) >= 11 is 0. The first-order valence-corrected chi connectivity index (χ1v) is 11.2. The number of hydrogen-bond donors (Lipinski definition) is 0. The Bertz CT molecular complexity index is 790. The Morgan fingerprint density at radius 1 is 0.839 bits per heavy atom. The van der Waals surface area contributed by atoms with E-state index in [0.717, 1.165) is 24.3 Å². The molecule has 0 aliphatic carbocycles. The molecular formula is C27H40O4. The average Bonchev–Trinajstić information content (AvgIpc) is 2.72. The summed E-state index contributed by atoms with van der Waals surface area (Å²) in [5.41, 5.74) is 2.67. The minimum Gasteiger partial charge on any atom is -0.497 e. The maximum absolute atomic E-state index is 6.05. The molecule has 2 atom stereocenters. The zero-order valence-electron chi connectivity index (χ0n) is 20.5. The SMILES string of the molecule is COc1ccc(CCOC(C)Oc2ccc(C(CC(C)C)C(C)(C)C)cc2OC)cc1. The lowest BCUT2D eigenvalue weighted by Gasteiger charge is -2.33. The van der Waals surface area contributed by atoms with Crippen LogP contribution in [0.1, 0.15) is 65.0 Å². The van der Waals surface area contributed by atoms with Gasteiger partial charge in [0.05, 0.1) is 20.8 Å². The van der Waals surface area contributed by atoms with Crippen molar-refractivity contribution in [1.82, 2.24) is 0 Å². The molecule has 2 aromatic carbocycles. The molecular weight excluding hydrogens is 388 g/mol. The third-order valence-electron chi connectivity index (χ3n) is 5.54. The van der Waals surface area contributed by atoms with Gasteiger partial charge in [-0.15, -0.1) is 0 Å². The normalized spacial score (nSPS) is 13.7. The van der Waals surface area contributed by atoms with Gasteiger partial charge in [0.2, 0.25) is 0 Å². The Morgan fingerprint density at radius 3 is 2.06 bits per heavy atom. The summed E-state index contributed by atoms with van der Waals surface area (Å²) in [6.07, 6.45) is 1.58. The Labute approximate surface area is 188 Å². The lowest BCUT2D eigenvalue weighted by Crippen LogP contribution is -2.21. The fourth-order valence-electron chi connectivity index (χ4n) is 3.81. The molecule has 0 spiro atoms. The predicted octanol–water partition coefficient (Wildman–Crippen LogP) is 6.86. The zero-order valence-corrected chi connectivity index (χ0v) is 20.5. The van der Waals surface area contributed by atoms with Gasteiger partial charge in [0.1, 0.15) is 5.75 Å². The molecule has 0 saturated carbocycles. The van der Waals surface area contributed by atoms with E-state index < -0.39 is 0 Å². The number of ether oxygens (including phenoxy) is 4. The van der Waals surface area contributed by atoms with Crippen LogP contribution in [0.15, 0.2) is 42.5 Å². The minimum absolute atomic E-state index is 0.176. The number of rotatable bonds is 11. The summed E-state index contributed by atoms with van der Waals surface area (Å²) in [6.45, 7) is 13.9. The second-order valence-electron chi connectivity index (χ2n) is 9.61. The van der Waals surface area contributed by atoms with Gasteiger partial charge >= 0.3 is 0 Å². The Balaban J connectivity index is 2.00. The van der Waals surface area contributed by atoms with E-state index >= 15 is 0 Å². The molecule has 0 heterocycles. The second-order valence-corrected chi connectivity index (χ2v) is 9.61. The van der Waals surface area contributed by atoms with Gasteiger partial charge < -0.3 is 18.9 Å². The van der Waals surface area contributed by atoms with Crippen LogP contribution in [0, 0.1) is 11.3 Å². The van der Waals surface area contributed by atoms with E-state index in [1.165, 1.54) is 11.1 Å². The highest BCUT2D eigenvalue weighted by Crippen LogP contribution is 2.42. The topological polar surface area (TPSA) is 36.9 Å². The van der Waals surface area contributed by atoms with Crippen molar-refractivity contribution in [3.05, 3.63) is 53.6 Å². The Kier molecular flexibility index (Phi) is 9.24. The molecule has 0 N–H and O–H groups in total. The van der Waals surface area contributed by atoms with Crippen molar-refractivity contribution in [2.45, 2.75) is 66.6 Å². The van der Waals surface area contributed by atoms with E-state index in [0.29, 0.717) is 24.2 Å². The van der Waals surface area contributed by atoms with E-state index in [9.17, 15) is 0 Å². The molecule has 0 aliphatic rings. The van der Waals surface area contributed by atoms with Gasteiger partial charge in [0.15, 0.2) is 17.8 Å². The maximum atomic E-state index is 6.05. The summed E-state index contributed by atoms with van der Waals surface area (Å²) in [6, 6.07) is 14.3. The minimum atomic E-state index is -0.368. The number of hydrogen-bond acceptors (Lipinski definition) is 4. The van der Waals surface area contributed by atoms with Crippen molar-refractivity contribution in [3.8, 4) is 17.2 Å². The van der Waals surface area contributed by atoms with Gasteiger partial charge in [-0.3, -0.25) is 0 Å². The number of methoxy groups -OCH3 is 2. The highest BCUT2D eigenvalue weighted by atomic mass is 16.7. The fraction of sp³-hybridized carbons (Fsp3) is 0.556. The van der Waals surface area contributed by atoms with Gasteiger partial charge in [-0.25, -0.2) is 0 Å². The quantitative estimate of drug-likeness (QED) is 0.366. The van der Waals surface area contributed by atoms with Gasteiger partial charge in [-0.05, 0) is 72.4 Å². The van der Waals surface area contributed by atoms with Crippen molar-refractivity contribution in [2.75, 3.05) is 20.8 Å². The molecule has 4 nitrogen and oxygen atoms in total. The van der Waals surface area contributed by atoms with Crippen LogP contribution < -0.4 is 14.2 Å². The molecule has 2 unspecified atom stereocenters. The van der Waals surface area contributed by atoms with E-state index in [2.05, 4.69) is 58.9 Å². The molecule has 31 heavy (non-hydrogen) atoms. The molecule has 0 bridgehead atoms. The highest BCUT2D eigenvalue weighted by Gasteiger charge is 2.28. The summed E-state index contributed by atoms with van der Waals surface area (Å²) in [5, 5.41) is 0. The van der Waals surface area contributed by atoms with Gasteiger partial charge in [0.25, 0.3) is 0 Å². The molecule has 0 radical (unpaired) electrons. The standard InChI is InChI=1S/C27H40O4/c1-19(2)17-24(27(4,5)6)22-11-14-25(26(18-22)29-8)31-20(3)30-16-15-21-9-12-23(28-7)13-10-21/h9-14,18-20,24H,15-17H2,1-8H3. The van der Waals surface area contributed by atoms with E-state index in [4.69, 9.17) is 18.9 Å². The first-order chi connectivity index (χ1) is 14.6. The van der Waals surface area contributed by atoms with Gasteiger partial charge in [0, 0.05) is 0 Å². The summed E-state index contributed by atoms with van der Waals surface area (Å²) in [5.74, 6) is 3.40. The maximum Gasteiger partial charge on any atom is 0.197 e. The predicted molar refractivity (Wildman–Crippen MR) is 127 cm³/mol. The third-order valence-corrected chi connectivity index (χ3v) is 5.54. The van der Waals surface area contributed by atoms with Crippen molar-refractivity contribution >= 4 is 0 Å². The molecule has 0 amide bonds. The van der Waals surface area contributed by atoms with E-state index in [1.807, 2.05) is 25.1 Å². The van der Waals surface area contributed by atoms with Crippen LogP contribution in [0.2, 0.25) is 0 Å². The first-order valence-electron chi connectivity index (χ1n) is 11.2. The van der Waals surface area contributed by atoms with Crippen LogP contribution in [0.4, 0.5) is 0 Å². The third kappa shape index (κ3) is 7.77. The second kappa shape index (κ2) is 11.4. The largest absolute Gasteiger partial charge is 0.497 e. The molecule has 2 rings (SSSR count). The zero-order chi connectivity index (χ0) is 23.0. The summed E-state index contributed by atoms with van der Waals surface area (Å²) in [4.78, 5) is 0. The lowest BCUT2D eigenvalue weighted by molar-refractivity contribution is -0.0664. The lowest BCUT2D eigenvalue weighted by atomic mass is 9.72. The van der Waals surface area contributed by atoms with Crippen LogP contribution in [0.5, 0.6) is 17.2 Å². The van der Waals surface area contributed by atoms with Crippen molar-refractivity contribution in [2.24, 2.45) is 11.3 Å². The van der Waals surface area contributed by atoms with Crippen molar-refractivity contribution in [1.29, 1.82) is 0 Å². The highest BCUT2D eigenvalue weighted by molar-refractivity contribution is 5.44. The summed E-state index contributed by atoms with van der Waals surface area (Å²) < 4.78 is 22.8.